The molecule has 2 aromatic rings. The summed E-state index contributed by atoms with van der Waals surface area (Å²) in [6, 6.07) is 5.70. The van der Waals surface area contributed by atoms with E-state index in [0.717, 1.165) is 17.0 Å². The maximum absolute atomic E-state index is 11.7. The van der Waals surface area contributed by atoms with Gasteiger partial charge in [-0.1, -0.05) is 13.0 Å². The number of imidazole rings is 1. The number of carbonyl (C=O) groups is 1. The molecule has 0 aromatic carbocycles. The summed E-state index contributed by atoms with van der Waals surface area (Å²) in [6.07, 6.45) is 2.62. The molecule has 2 aromatic heterocycles. The number of pyridine rings is 1. The summed E-state index contributed by atoms with van der Waals surface area (Å²) in [5.74, 6) is 0.263. The number of aryl methyl sites for hydroxylation is 1. The van der Waals surface area contributed by atoms with Crippen molar-refractivity contribution < 1.29 is 9.90 Å². The summed E-state index contributed by atoms with van der Waals surface area (Å²) < 4.78 is 2.00. The van der Waals surface area contributed by atoms with Gasteiger partial charge in [-0.3, -0.25) is 0 Å². The van der Waals surface area contributed by atoms with E-state index in [4.69, 9.17) is 5.11 Å². The fourth-order valence-electron chi connectivity index (χ4n) is 2.11. The zero-order valence-corrected chi connectivity index (χ0v) is 12.5. The SMILES string of the molecule is Cc1cccc2nc(CNC(=O)NCC(C)CCO)cn12. The van der Waals surface area contributed by atoms with Crippen molar-refractivity contribution in [2.75, 3.05) is 13.2 Å². The highest BCUT2D eigenvalue weighted by Crippen LogP contribution is 2.08. The number of fused-ring (bicyclic) bond motifs is 1. The molecular formula is C15H22N4O2. The molecule has 3 N–H and O–H groups in total. The van der Waals surface area contributed by atoms with Gasteiger partial charge in [0.15, 0.2) is 0 Å². The summed E-state index contributed by atoms with van der Waals surface area (Å²) in [5.41, 5.74) is 2.81. The Morgan fingerprint density at radius 2 is 2.24 bits per heavy atom. The number of carbonyl (C=O) groups excluding carboxylic acids is 1. The van der Waals surface area contributed by atoms with Crippen molar-refractivity contribution in [1.82, 2.24) is 20.0 Å². The number of nitrogens with one attached hydrogen (secondary N) is 2. The summed E-state index contributed by atoms with van der Waals surface area (Å²) in [4.78, 5) is 16.1. The molecule has 114 valence electrons. The fraction of sp³-hybridized carbons (Fsp3) is 0.467. The Labute approximate surface area is 124 Å². The smallest absolute Gasteiger partial charge is 0.315 e. The van der Waals surface area contributed by atoms with Gasteiger partial charge in [0.25, 0.3) is 0 Å². The van der Waals surface area contributed by atoms with Gasteiger partial charge in [-0.2, -0.15) is 0 Å². The molecule has 0 aliphatic rings. The van der Waals surface area contributed by atoms with Crippen LogP contribution in [0.4, 0.5) is 4.79 Å². The van der Waals surface area contributed by atoms with Crippen LogP contribution in [-0.2, 0) is 6.54 Å². The van der Waals surface area contributed by atoms with Gasteiger partial charge in [-0.25, -0.2) is 9.78 Å². The molecule has 6 nitrogen and oxygen atoms in total. The number of urea groups is 1. The van der Waals surface area contributed by atoms with Crippen molar-refractivity contribution in [2.45, 2.75) is 26.8 Å². The average Bonchev–Trinajstić information content (AvgIpc) is 2.88. The number of rotatable bonds is 6. The highest BCUT2D eigenvalue weighted by molar-refractivity contribution is 5.73. The molecule has 0 radical (unpaired) electrons. The predicted molar refractivity (Wildman–Crippen MR) is 81.0 cm³/mol. The van der Waals surface area contributed by atoms with Crippen LogP contribution < -0.4 is 10.6 Å². The van der Waals surface area contributed by atoms with E-state index >= 15 is 0 Å². The lowest BCUT2D eigenvalue weighted by molar-refractivity contribution is 0.233. The lowest BCUT2D eigenvalue weighted by atomic mass is 10.1. The maximum atomic E-state index is 11.7. The molecule has 6 heteroatoms. The summed E-state index contributed by atoms with van der Waals surface area (Å²) in [5, 5.41) is 14.4. The Morgan fingerprint density at radius 3 is 2.95 bits per heavy atom. The number of hydrogen-bond acceptors (Lipinski definition) is 3. The second kappa shape index (κ2) is 7.08. The molecule has 2 heterocycles. The molecule has 0 aliphatic carbocycles. The minimum absolute atomic E-state index is 0.144. The van der Waals surface area contributed by atoms with E-state index in [-0.39, 0.29) is 18.6 Å². The standard InChI is InChI=1S/C15H22N4O2/c1-11(6-7-20)8-16-15(21)17-9-13-10-19-12(2)4-3-5-14(19)18-13/h3-5,10-11,20H,6-9H2,1-2H3,(H2,16,17,21). The van der Waals surface area contributed by atoms with Crippen LogP contribution >= 0.6 is 0 Å². The topological polar surface area (TPSA) is 78.7 Å². The summed E-state index contributed by atoms with van der Waals surface area (Å²) in [7, 11) is 0. The number of aromatic nitrogens is 2. The van der Waals surface area contributed by atoms with Crippen LogP contribution in [0.15, 0.2) is 24.4 Å². The van der Waals surface area contributed by atoms with Gasteiger partial charge in [-0.15, -0.1) is 0 Å². The monoisotopic (exact) mass is 290 g/mol. The van der Waals surface area contributed by atoms with Gasteiger partial charge < -0.3 is 20.1 Å². The zero-order valence-electron chi connectivity index (χ0n) is 12.5. The summed E-state index contributed by atoms with van der Waals surface area (Å²) in [6.45, 7) is 5.09. The lowest BCUT2D eigenvalue weighted by Gasteiger charge is -2.11. The van der Waals surface area contributed by atoms with Crippen LogP contribution in [0.2, 0.25) is 0 Å². The molecule has 0 saturated carbocycles. The van der Waals surface area contributed by atoms with E-state index in [1.807, 2.05) is 42.6 Å². The first-order valence-corrected chi connectivity index (χ1v) is 7.16. The molecule has 1 atom stereocenters. The first kappa shape index (κ1) is 15.3. The average molecular weight is 290 g/mol. The van der Waals surface area contributed by atoms with Gasteiger partial charge in [0.05, 0.1) is 12.2 Å². The van der Waals surface area contributed by atoms with Crippen molar-refractivity contribution in [3.05, 3.63) is 35.8 Å². The van der Waals surface area contributed by atoms with Crippen LogP contribution in [0.25, 0.3) is 5.65 Å². The van der Waals surface area contributed by atoms with E-state index in [2.05, 4.69) is 15.6 Å². The normalized spacial score (nSPS) is 12.3. The number of aliphatic hydroxyl groups is 1. The largest absolute Gasteiger partial charge is 0.396 e. The minimum Gasteiger partial charge on any atom is -0.396 e. The highest BCUT2D eigenvalue weighted by Gasteiger charge is 2.07. The molecule has 2 rings (SSSR count). The molecular weight excluding hydrogens is 268 g/mol. The van der Waals surface area contributed by atoms with Crippen LogP contribution in [0.5, 0.6) is 0 Å². The number of hydrogen-bond donors (Lipinski definition) is 3. The molecule has 0 saturated heterocycles. The molecule has 0 aliphatic heterocycles. The van der Waals surface area contributed by atoms with E-state index in [1.165, 1.54) is 0 Å². The Bertz CT molecular complexity index is 609. The van der Waals surface area contributed by atoms with E-state index < -0.39 is 0 Å². The van der Waals surface area contributed by atoms with Gasteiger partial charge in [0, 0.05) is 25.0 Å². The molecule has 0 spiro atoms. The lowest BCUT2D eigenvalue weighted by Crippen LogP contribution is -2.37. The van der Waals surface area contributed by atoms with Crippen molar-refractivity contribution in [1.29, 1.82) is 0 Å². The van der Waals surface area contributed by atoms with E-state index in [9.17, 15) is 4.79 Å². The van der Waals surface area contributed by atoms with Gasteiger partial charge >= 0.3 is 6.03 Å². The third-order valence-corrected chi connectivity index (χ3v) is 3.41. The van der Waals surface area contributed by atoms with Crippen LogP contribution in [-0.4, -0.2) is 33.7 Å². The number of aliphatic hydroxyl groups excluding tert-OH is 1. The Balaban J connectivity index is 1.84. The quantitative estimate of drug-likeness (QED) is 0.753. The molecule has 1 unspecified atom stereocenters. The molecule has 0 fully saturated rings. The van der Waals surface area contributed by atoms with Gasteiger partial charge in [0.2, 0.25) is 0 Å². The van der Waals surface area contributed by atoms with Gasteiger partial charge in [0.1, 0.15) is 5.65 Å². The van der Waals surface area contributed by atoms with E-state index in [1.54, 1.807) is 0 Å². The van der Waals surface area contributed by atoms with Gasteiger partial charge in [-0.05, 0) is 31.4 Å². The van der Waals surface area contributed by atoms with Crippen LogP contribution in [0.1, 0.15) is 24.7 Å². The first-order chi connectivity index (χ1) is 10.1. The Morgan fingerprint density at radius 1 is 1.43 bits per heavy atom. The van der Waals surface area contributed by atoms with Crippen molar-refractivity contribution >= 4 is 11.7 Å². The van der Waals surface area contributed by atoms with Crippen LogP contribution in [0, 0.1) is 12.8 Å². The summed E-state index contributed by atoms with van der Waals surface area (Å²) >= 11 is 0. The molecule has 2 amide bonds. The molecule has 0 bridgehead atoms. The number of nitrogens with zero attached hydrogens (tertiary/aromatic N) is 2. The Kier molecular flexibility index (Phi) is 5.16. The van der Waals surface area contributed by atoms with Crippen molar-refractivity contribution in [3.8, 4) is 0 Å². The van der Waals surface area contributed by atoms with E-state index in [0.29, 0.717) is 19.5 Å². The predicted octanol–water partition coefficient (Wildman–Crippen LogP) is 1.46. The molecule has 21 heavy (non-hydrogen) atoms. The second-order valence-corrected chi connectivity index (χ2v) is 5.31. The van der Waals surface area contributed by atoms with Crippen LogP contribution in [0.3, 0.4) is 0 Å². The number of amides is 2. The third kappa shape index (κ3) is 4.19. The first-order valence-electron chi connectivity index (χ1n) is 7.16. The zero-order chi connectivity index (χ0) is 15.2. The highest BCUT2D eigenvalue weighted by atomic mass is 16.3. The Hall–Kier alpha value is -2.08. The fourth-order valence-corrected chi connectivity index (χ4v) is 2.11. The second-order valence-electron chi connectivity index (χ2n) is 5.31. The van der Waals surface area contributed by atoms with Crippen molar-refractivity contribution in [2.24, 2.45) is 5.92 Å². The minimum atomic E-state index is -0.214. The van der Waals surface area contributed by atoms with Crippen molar-refractivity contribution in [3.63, 3.8) is 0 Å². The third-order valence-electron chi connectivity index (χ3n) is 3.41. The maximum Gasteiger partial charge on any atom is 0.315 e.